The van der Waals surface area contributed by atoms with E-state index in [0.717, 1.165) is 22.7 Å². The Hall–Kier alpha value is -3.09. The average molecular weight is 425 g/mol. The molecule has 3 rings (SSSR count). The maximum Gasteiger partial charge on any atom is 0.256 e. The van der Waals surface area contributed by atoms with Gasteiger partial charge in [-0.3, -0.25) is 4.79 Å². The number of carbonyl (C=O) groups is 1. The lowest BCUT2D eigenvalue weighted by Crippen LogP contribution is -2.27. The van der Waals surface area contributed by atoms with Crippen LogP contribution >= 0.6 is 0 Å². The molecule has 0 radical (unpaired) electrons. The number of benzene rings is 1. The second kappa shape index (κ2) is 8.21. The van der Waals surface area contributed by atoms with Gasteiger partial charge in [0.25, 0.3) is 5.91 Å². The summed E-state index contributed by atoms with van der Waals surface area (Å²) >= 11 is 0. The first-order chi connectivity index (χ1) is 14.4. The van der Waals surface area contributed by atoms with Gasteiger partial charge in [0.2, 0.25) is 0 Å². The van der Waals surface area contributed by atoms with Crippen LogP contribution < -0.4 is 10.1 Å². The maximum absolute atomic E-state index is 12.9. The third kappa shape index (κ3) is 5.16. The van der Waals surface area contributed by atoms with E-state index in [0.29, 0.717) is 23.7 Å². The summed E-state index contributed by atoms with van der Waals surface area (Å²) in [6.45, 7) is 16.6. The molecule has 0 bridgehead atoms. The second-order valence-electron chi connectivity index (χ2n) is 9.82. The van der Waals surface area contributed by atoms with Gasteiger partial charge in [-0.2, -0.15) is 5.10 Å². The van der Waals surface area contributed by atoms with Crippen molar-refractivity contribution in [2.24, 2.45) is 0 Å². The molecule has 0 saturated heterocycles. The fourth-order valence-electron chi connectivity index (χ4n) is 3.10. The Bertz CT molecular complexity index is 1040. The standard InChI is InChI=1S/C24H32N4O3/c1-15-19(16(2)31-27-15)14-30-18-11-9-17(10-12-18)22(29)25-21-13-20(23(3,4)5)26-28(21)24(6,7)8/h9-13H,14H2,1-8H3,(H,25,29). The van der Waals surface area contributed by atoms with Crippen molar-refractivity contribution in [3.8, 4) is 5.75 Å². The van der Waals surface area contributed by atoms with Crippen molar-refractivity contribution >= 4 is 11.7 Å². The first kappa shape index (κ1) is 22.6. The summed E-state index contributed by atoms with van der Waals surface area (Å²) < 4.78 is 12.8. The number of nitrogens with one attached hydrogen (secondary N) is 1. The highest BCUT2D eigenvalue weighted by Crippen LogP contribution is 2.28. The Morgan fingerprint density at radius 1 is 1.10 bits per heavy atom. The zero-order chi connectivity index (χ0) is 23.0. The Morgan fingerprint density at radius 2 is 1.74 bits per heavy atom. The van der Waals surface area contributed by atoms with Crippen LogP contribution in [0.4, 0.5) is 5.82 Å². The van der Waals surface area contributed by atoms with Gasteiger partial charge < -0.3 is 14.6 Å². The molecule has 2 aromatic heterocycles. The van der Waals surface area contributed by atoms with Crippen molar-refractivity contribution in [3.63, 3.8) is 0 Å². The summed E-state index contributed by atoms with van der Waals surface area (Å²) in [5.41, 5.74) is 2.85. The van der Waals surface area contributed by atoms with Crippen LogP contribution in [0.2, 0.25) is 0 Å². The van der Waals surface area contributed by atoms with Crippen LogP contribution in [0.5, 0.6) is 5.75 Å². The summed E-state index contributed by atoms with van der Waals surface area (Å²) in [5.74, 6) is 1.91. The first-order valence-corrected chi connectivity index (χ1v) is 10.4. The van der Waals surface area contributed by atoms with Crippen LogP contribution in [0.25, 0.3) is 0 Å². The minimum Gasteiger partial charge on any atom is -0.489 e. The van der Waals surface area contributed by atoms with E-state index >= 15 is 0 Å². The van der Waals surface area contributed by atoms with E-state index in [2.05, 4.69) is 52.0 Å². The number of hydrogen-bond donors (Lipinski definition) is 1. The van der Waals surface area contributed by atoms with Gasteiger partial charge in [-0.1, -0.05) is 25.9 Å². The predicted molar refractivity (Wildman–Crippen MR) is 121 cm³/mol. The van der Waals surface area contributed by atoms with Crippen molar-refractivity contribution in [1.29, 1.82) is 0 Å². The third-order valence-electron chi connectivity index (χ3n) is 5.04. The van der Waals surface area contributed by atoms with E-state index in [9.17, 15) is 4.79 Å². The molecule has 0 fully saturated rings. The number of carbonyl (C=O) groups excluding carboxylic acids is 1. The molecular weight excluding hydrogens is 392 g/mol. The van der Waals surface area contributed by atoms with Gasteiger partial charge in [-0.25, -0.2) is 4.68 Å². The molecule has 0 atom stereocenters. The van der Waals surface area contributed by atoms with Crippen LogP contribution in [0, 0.1) is 13.8 Å². The third-order valence-corrected chi connectivity index (χ3v) is 5.04. The number of rotatable bonds is 5. The Kier molecular flexibility index (Phi) is 5.98. The van der Waals surface area contributed by atoms with Gasteiger partial charge in [0, 0.05) is 17.0 Å². The Balaban J connectivity index is 1.73. The number of aryl methyl sites for hydroxylation is 2. The molecule has 0 saturated carbocycles. The molecule has 0 unspecified atom stereocenters. The first-order valence-electron chi connectivity index (χ1n) is 10.4. The van der Waals surface area contributed by atoms with E-state index in [4.69, 9.17) is 14.4 Å². The van der Waals surface area contributed by atoms with E-state index in [1.165, 1.54) is 0 Å². The van der Waals surface area contributed by atoms with Gasteiger partial charge in [0.15, 0.2) is 0 Å². The quantitative estimate of drug-likeness (QED) is 0.595. The van der Waals surface area contributed by atoms with Gasteiger partial charge in [-0.05, 0) is 58.9 Å². The molecule has 7 heteroatoms. The van der Waals surface area contributed by atoms with E-state index < -0.39 is 0 Å². The minimum absolute atomic E-state index is 0.115. The number of ether oxygens (including phenoxy) is 1. The molecule has 1 N–H and O–H groups in total. The molecule has 0 aliphatic heterocycles. The van der Waals surface area contributed by atoms with Crippen molar-refractivity contribution in [1.82, 2.24) is 14.9 Å². The van der Waals surface area contributed by atoms with Gasteiger partial charge in [-0.15, -0.1) is 0 Å². The minimum atomic E-state index is -0.262. The normalized spacial score (nSPS) is 12.1. The molecule has 1 amide bonds. The largest absolute Gasteiger partial charge is 0.489 e. The fourth-order valence-corrected chi connectivity index (χ4v) is 3.10. The molecule has 7 nitrogen and oxygen atoms in total. The summed E-state index contributed by atoms with van der Waals surface area (Å²) in [5, 5.41) is 11.7. The number of anilines is 1. The van der Waals surface area contributed by atoms with E-state index in [1.54, 1.807) is 24.3 Å². The maximum atomic E-state index is 12.9. The van der Waals surface area contributed by atoms with Gasteiger partial charge in [0.05, 0.1) is 22.5 Å². The summed E-state index contributed by atoms with van der Waals surface area (Å²) in [7, 11) is 0. The van der Waals surface area contributed by atoms with Crippen LogP contribution in [0.1, 0.15) is 74.6 Å². The van der Waals surface area contributed by atoms with Crippen LogP contribution in [0.3, 0.4) is 0 Å². The SMILES string of the molecule is Cc1noc(C)c1COc1ccc(C(=O)Nc2cc(C(C)(C)C)nn2C(C)(C)C)cc1. The zero-order valence-electron chi connectivity index (χ0n) is 19.7. The summed E-state index contributed by atoms with van der Waals surface area (Å²) in [6.07, 6.45) is 0. The number of aromatic nitrogens is 3. The second-order valence-corrected chi connectivity index (χ2v) is 9.82. The topological polar surface area (TPSA) is 82.2 Å². The molecular formula is C24H32N4O3. The van der Waals surface area contributed by atoms with Gasteiger partial charge >= 0.3 is 0 Å². The lowest BCUT2D eigenvalue weighted by atomic mass is 9.92. The molecule has 1 aromatic carbocycles. The van der Waals surface area contributed by atoms with E-state index in [-0.39, 0.29) is 16.9 Å². The van der Waals surface area contributed by atoms with Crippen molar-refractivity contribution < 1.29 is 14.1 Å². The highest BCUT2D eigenvalue weighted by Gasteiger charge is 2.26. The number of hydrogen-bond acceptors (Lipinski definition) is 5. The van der Waals surface area contributed by atoms with Crippen molar-refractivity contribution in [3.05, 3.63) is 58.6 Å². The summed E-state index contributed by atoms with van der Waals surface area (Å²) in [4.78, 5) is 12.9. The lowest BCUT2D eigenvalue weighted by Gasteiger charge is -2.23. The van der Waals surface area contributed by atoms with Crippen LogP contribution in [0.15, 0.2) is 34.9 Å². The molecule has 0 aliphatic rings. The molecule has 0 aliphatic carbocycles. The molecule has 2 heterocycles. The Morgan fingerprint density at radius 3 is 2.26 bits per heavy atom. The highest BCUT2D eigenvalue weighted by atomic mass is 16.5. The molecule has 166 valence electrons. The molecule has 31 heavy (non-hydrogen) atoms. The highest BCUT2D eigenvalue weighted by molar-refractivity contribution is 6.03. The fraction of sp³-hybridized carbons (Fsp3) is 0.458. The van der Waals surface area contributed by atoms with Crippen LogP contribution in [-0.4, -0.2) is 20.8 Å². The van der Waals surface area contributed by atoms with E-state index in [1.807, 2.05) is 24.6 Å². The number of nitrogens with zero attached hydrogens (tertiary/aromatic N) is 3. The zero-order valence-corrected chi connectivity index (χ0v) is 19.7. The van der Waals surface area contributed by atoms with Gasteiger partial charge in [0.1, 0.15) is 23.9 Å². The van der Waals surface area contributed by atoms with Crippen molar-refractivity contribution in [2.75, 3.05) is 5.32 Å². The average Bonchev–Trinajstić information content (AvgIpc) is 3.24. The van der Waals surface area contributed by atoms with Crippen LogP contribution in [-0.2, 0) is 17.6 Å². The predicted octanol–water partition coefficient (Wildman–Crippen LogP) is 5.37. The lowest BCUT2D eigenvalue weighted by molar-refractivity contribution is 0.102. The number of amides is 1. The Labute approximate surface area is 183 Å². The smallest absolute Gasteiger partial charge is 0.256 e. The van der Waals surface area contributed by atoms with Crippen molar-refractivity contribution in [2.45, 2.75) is 73.0 Å². The molecule has 0 spiro atoms. The summed E-state index contributed by atoms with van der Waals surface area (Å²) in [6, 6.07) is 9.02. The monoisotopic (exact) mass is 424 g/mol. The molecule has 3 aromatic rings.